The van der Waals surface area contributed by atoms with Crippen LogP contribution in [-0.4, -0.2) is 49.1 Å². The molecule has 1 amide bonds. The van der Waals surface area contributed by atoms with Gasteiger partial charge in [0.25, 0.3) is 0 Å². The Morgan fingerprint density at radius 1 is 1.42 bits per heavy atom. The number of anilines is 1. The lowest BCUT2D eigenvalue weighted by molar-refractivity contribution is -0.125. The number of halogens is 1. The van der Waals surface area contributed by atoms with Crippen molar-refractivity contribution in [1.29, 1.82) is 0 Å². The molecule has 132 valence electrons. The number of amides is 1. The Labute approximate surface area is 152 Å². The number of nitrogens with one attached hydrogen (secondary N) is 2. The summed E-state index contributed by atoms with van der Waals surface area (Å²) < 4.78 is 0. The maximum absolute atomic E-state index is 12.4. The van der Waals surface area contributed by atoms with Crippen molar-refractivity contribution in [2.45, 2.75) is 19.3 Å². The second kappa shape index (κ2) is 9.15. The van der Waals surface area contributed by atoms with Crippen molar-refractivity contribution in [3.63, 3.8) is 0 Å². The molecular formula is C16H24ClN5OS. The highest BCUT2D eigenvalue weighted by Gasteiger charge is 2.27. The van der Waals surface area contributed by atoms with E-state index in [2.05, 4.69) is 31.6 Å². The maximum atomic E-state index is 12.4. The molecule has 3 heterocycles. The zero-order chi connectivity index (χ0) is 16.1. The van der Waals surface area contributed by atoms with Gasteiger partial charge < -0.3 is 15.5 Å². The summed E-state index contributed by atoms with van der Waals surface area (Å²) in [4.78, 5) is 24.4. The predicted octanol–water partition coefficient (Wildman–Crippen LogP) is 2.06. The Kier molecular flexibility index (Phi) is 7.20. The van der Waals surface area contributed by atoms with Gasteiger partial charge in [-0.3, -0.25) is 4.79 Å². The van der Waals surface area contributed by atoms with E-state index in [4.69, 9.17) is 0 Å². The number of carbonyl (C=O) groups is 1. The van der Waals surface area contributed by atoms with Crippen molar-refractivity contribution < 1.29 is 4.79 Å². The monoisotopic (exact) mass is 369 g/mol. The fourth-order valence-corrected chi connectivity index (χ4v) is 3.76. The van der Waals surface area contributed by atoms with Crippen molar-refractivity contribution in [2.75, 3.05) is 38.1 Å². The van der Waals surface area contributed by atoms with Gasteiger partial charge in [0, 0.05) is 19.6 Å². The first-order valence-corrected chi connectivity index (χ1v) is 9.03. The van der Waals surface area contributed by atoms with Gasteiger partial charge in [-0.2, -0.15) is 0 Å². The zero-order valence-corrected chi connectivity index (χ0v) is 15.5. The van der Waals surface area contributed by atoms with Gasteiger partial charge in [-0.25, -0.2) is 9.97 Å². The van der Waals surface area contributed by atoms with Crippen LogP contribution in [0.5, 0.6) is 0 Å². The molecule has 1 fully saturated rings. The summed E-state index contributed by atoms with van der Waals surface area (Å²) in [5, 5.41) is 9.28. The fourth-order valence-electron chi connectivity index (χ4n) is 3.03. The Morgan fingerprint density at radius 2 is 2.29 bits per heavy atom. The van der Waals surface area contributed by atoms with Crippen LogP contribution in [0.1, 0.15) is 19.3 Å². The van der Waals surface area contributed by atoms with Crippen LogP contribution in [0.2, 0.25) is 0 Å². The molecule has 2 aromatic rings. The summed E-state index contributed by atoms with van der Waals surface area (Å²) in [5.41, 5.74) is 0. The third-order valence-corrected chi connectivity index (χ3v) is 5.06. The maximum Gasteiger partial charge on any atom is 0.224 e. The molecule has 8 heteroatoms. The molecular weight excluding hydrogens is 346 g/mol. The average molecular weight is 370 g/mol. The summed E-state index contributed by atoms with van der Waals surface area (Å²) in [7, 11) is 1.92. The highest BCUT2D eigenvalue weighted by molar-refractivity contribution is 7.16. The summed E-state index contributed by atoms with van der Waals surface area (Å²) in [6, 6.07) is 2.07. The van der Waals surface area contributed by atoms with Crippen molar-refractivity contribution in [3.8, 4) is 0 Å². The molecule has 24 heavy (non-hydrogen) atoms. The summed E-state index contributed by atoms with van der Waals surface area (Å²) in [5.74, 6) is 1.17. The predicted molar refractivity (Wildman–Crippen MR) is 101 cm³/mol. The van der Waals surface area contributed by atoms with E-state index in [0.29, 0.717) is 0 Å². The number of nitrogens with zero attached hydrogens (tertiary/aromatic N) is 3. The van der Waals surface area contributed by atoms with Crippen LogP contribution >= 0.6 is 23.7 Å². The van der Waals surface area contributed by atoms with E-state index >= 15 is 0 Å². The fraction of sp³-hybridized carbons (Fsp3) is 0.562. The minimum atomic E-state index is 0. The van der Waals surface area contributed by atoms with Crippen LogP contribution in [0.15, 0.2) is 17.8 Å². The molecule has 1 atom stereocenters. The largest absolute Gasteiger partial charge is 0.356 e. The Hall–Kier alpha value is -1.44. The van der Waals surface area contributed by atoms with Crippen LogP contribution < -0.4 is 15.5 Å². The van der Waals surface area contributed by atoms with Crippen molar-refractivity contribution in [3.05, 3.63) is 17.8 Å². The van der Waals surface area contributed by atoms with E-state index in [1.165, 1.54) is 0 Å². The molecule has 0 aliphatic carbocycles. The molecule has 3 rings (SSSR count). The lowest BCUT2D eigenvalue weighted by Crippen LogP contribution is -2.43. The average Bonchev–Trinajstić information content (AvgIpc) is 3.07. The smallest absolute Gasteiger partial charge is 0.224 e. The minimum absolute atomic E-state index is 0. The molecule has 0 aromatic carbocycles. The SMILES string of the molecule is CNCCCNC(=O)C1CCCN(c2ncnc3sccc23)C1.Cl. The normalized spacial score (nSPS) is 17.5. The molecule has 0 saturated carbocycles. The van der Waals surface area contributed by atoms with Crippen LogP contribution in [0.4, 0.5) is 5.82 Å². The van der Waals surface area contributed by atoms with Gasteiger partial charge >= 0.3 is 0 Å². The summed E-state index contributed by atoms with van der Waals surface area (Å²) >= 11 is 1.63. The van der Waals surface area contributed by atoms with Crippen LogP contribution in [0.25, 0.3) is 10.2 Å². The number of hydrogen-bond donors (Lipinski definition) is 2. The van der Waals surface area contributed by atoms with Crippen molar-refractivity contribution >= 4 is 45.7 Å². The van der Waals surface area contributed by atoms with E-state index < -0.39 is 0 Å². The van der Waals surface area contributed by atoms with E-state index in [9.17, 15) is 4.79 Å². The number of fused-ring (bicyclic) bond motifs is 1. The first-order valence-electron chi connectivity index (χ1n) is 8.15. The molecule has 0 bridgehead atoms. The lowest BCUT2D eigenvalue weighted by Gasteiger charge is -2.33. The van der Waals surface area contributed by atoms with Crippen molar-refractivity contribution in [2.24, 2.45) is 5.92 Å². The topological polar surface area (TPSA) is 70.2 Å². The Bertz CT molecular complexity index is 665. The minimum Gasteiger partial charge on any atom is -0.356 e. The Balaban J connectivity index is 0.00000208. The number of aromatic nitrogens is 2. The highest BCUT2D eigenvalue weighted by Crippen LogP contribution is 2.29. The van der Waals surface area contributed by atoms with E-state index in [1.807, 2.05) is 12.4 Å². The second-order valence-corrected chi connectivity index (χ2v) is 6.76. The molecule has 1 saturated heterocycles. The number of thiophene rings is 1. The van der Waals surface area contributed by atoms with Gasteiger partial charge in [0.15, 0.2) is 0 Å². The Morgan fingerprint density at radius 3 is 3.12 bits per heavy atom. The number of carbonyl (C=O) groups excluding carboxylic acids is 1. The molecule has 6 nitrogen and oxygen atoms in total. The van der Waals surface area contributed by atoms with Gasteiger partial charge in [0.2, 0.25) is 5.91 Å². The van der Waals surface area contributed by atoms with E-state index in [-0.39, 0.29) is 24.2 Å². The molecule has 0 spiro atoms. The number of hydrogen-bond acceptors (Lipinski definition) is 6. The molecule has 2 aromatic heterocycles. The van der Waals surface area contributed by atoms with Crippen LogP contribution in [0.3, 0.4) is 0 Å². The highest BCUT2D eigenvalue weighted by atomic mass is 35.5. The summed E-state index contributed by atoms with van der Waals surface area (Å²) in [6.07, 6.45) is 4.55. The van der Waals surface area contributed by atoms with Crippen molar-refractivity contribution in [1.82, 2.24) is 20.6 Å². The standard InChI is InChI=1S/C16H23N5OS.ClH/c1-17-6-3-7-18-15(22)12-4-2-8-21(10-12)14-13-5-9-23-16(13)20-11-19-14;/h5,9,11-12,17H,2-4,6-8,10H2,1H3,(H,18,22);1H. The van der Waals surface area contributed by atoms with Crippen LogP contribution in [0, 0.1) is 5.92 Å². The van der Waals surface area contributed by atoms with Gasteiger partial charge in [-0.1, -0.05) is 0 Å². The zero-order valence-electron chi connectivity index (χ0n) is 13.8. The first kappa shape index (κ1) is 18.9. The van der Waals surface area contributed by atoms with Crippen LogP contribution in [-0.2, 0) is 4.79 Å². The third-order valence-electron chi connectivity index (χ3n) is 4.24. The van der Waals surface area contributed by atoms with E-state index in [0.717, 1.165) is 61.5 Å². The third kappa shape index (κ3) is 4.34. The first-order chi connectivity index (χ1) is 11.3. The molecule has 0 radical (unpaired) electrons. The van der Waals surface area contributed by atoms with Gasteiger partial charge in [-0.05, 0) is 44.3 Å². The summed E-state index contributed by atoms with van der Waals surface area (Å²) in [6.45, 7) is 3.35. The van der Waals surface area contributed by atoms with Gasteiger partial charge in [0.1, 0.15) is 17.0 Å². The number of rotatable bonds is 6. The number of piperidine rings is 1. The quantitative estimate of drug-likeness (QED) is 0.763. The molecule has 1 unspecified atom stereocenters. The lowest BCUT2D eigenvalue weighted by atomic mass is 9.97. The van der Waals surface area contributed by atoms with Gasteiger partial charge in [-0.15, -0.1) is 23.7 Å². The molecule has 1 aliphatic heterocycles. The second-order valence-electron chi connectivity index (χ2n) is 5.87. The van der Waals surface area contributed by atoms with E-state index in [1.54, 1.807) is 17.7 Å². The van der Waals surface area contributed by atoms with Gasteiger partial charge in [0.05, 0.1) is 11.3 Å². The molecule has 2 N–H and O–H groups in total. The molecule has 1 aliphatic rings.